The summed E-state index contributed by atoms with van der Waals surface area (Å²) in [6.45, 7) is -0.173. The first-order valence-corrected chi connectivity index (χ1v) is 8.71. The fourth-order valence-electron chi connectivity index (χ4n) is 2.35. The maximum Gasteiger partial charge on any atom is 0.276 e. The van der Waals surface area contributed by atoms with Gasteiger partial charge in [-0.05, 0) is 58.5 Å². The molecule has 1 aromatic heterocycles. The number of rotatable bonds is 5. The first-order chi connectivity index (χ1) is 12.1. The number of aromatic nitrogens is 1. The molecule has 1 heterocycles. The molecule has 0 aliphatic carbocycles. The molecule has 2 amide bonds. The number of H-pyrrole nitrogens is 1. The fraction of sp³-hybridized carbons (Fsp3) is 0.111. The Labute approximate surface area is 158 Å². The van der Waals surface area contributed by atoms with Crippen LogP contribution in [0, 0.1) is 3.57 Å². The van der Waals surface area contributed by atoms with E-state index in [1.54, 1.807) is 18.3 Å². The minimum atomic E-state index is -0.425. The molecule has 3 N–H and O–H groups in total. The van der Waals surface area contributed by atoms with Gasteiger partial charge in [-0.15, -0.1) is 0 Å². The molecular weight excluding hydrogens is 433 g/mol. The molecule has 0 saturated heterocycles. The van der Waals surface area contributed by atoms with E-state index in [9.17, 15) is 9.59 Å². The molecule has 0 unspecified atom stereocenters. The van der Waals surface area contributed by atoms with Gasteiger partial charge in [-0.25, -0.2) is 0 Å². The molecule has 3 aromatic rings. The van der Waals surface area contributed by atoms with Crippen LogP contribution in [0.1, 0.15) is 5.56 Å². The van der Waals surface area contributed by atoms with Crippen molar-refractivity contribution in [3.63, 3.8) is 0 Å². The van der Waals surface area contributed by atoms with Crippen LogP contribution in [0.5, 0.6) is 5.75 Å². The Morgan fingerprint density at radius 3 is 2.52 bits per heavy atom. The number of nitrogens with one attached hydrogen (secondary N) is 3. The molecule has 6 nitrogen and oxygen atoms in total. The molecule has 0 saturated carbocycles. The lowest BCUT2D eigenvalue weighted by molar-refractivity contribution is -0.129. The highest BCUT2D eigenvalue weighted by Crippen LogP contribution is 2.17. The third kappa shape index (κ3) is 4.72. The van der Waals surface area contributed by atoms with Crippen LogP contribution >= 0.6 is 22.6 Å². The number of ether oxygens (including phenoxy) is 1. The largest absolute Gasteiger partial charge is 0.484 e. The highest BCUT2D eigenvalue weighted by molar-refractivity contribution is 14.1. The number of hydrogen-bond donors (Lipinski definition) is 3. The normalized spacial score (nSPS) is 10.4. The Morgan fingerprint density at radius 2 is 1.72 bits per heavy atom. The maximum atomic E-state index is 12.0. The van der Waals surface area contributed by atoms with Gasteiger partial charge in [0.1, 0.15) is 5.75 Å². The minimum Gasteiger partial charge on any atom is -0.484 e. The topological polar surface area (TPSA) is 83.2 Å². The van der Waals surface area contributed by atoms with Crippen molar-refractivity contribution < 1.29 is 14.3 Å². The third-order valence-corrected chi connectivity index (χ3v) is 4.27. The van der Waals surface area contributed by atoms with Crippen molar-refractivity contribution in [3.05, 3.63) is 63.9 Å². The number of carbonyl (C=O) groups is 2. The number of benzene rings is 2. The second-order valence-corrected chi connectivity index (χ2v) is 6.62. The molecule has 3 rings (SSSR count). The van der Waals surface area contributed by atoms with E-state index in [2.05, 4.69) is 38.4 Å². The zero-order valence-electron chi connectivity index (χ0n) is 13.2. The lowest BCUT2D eigenvalue weighted by atomic mass is 10.1. The van der Waals surface area contributed by atoms with E-state index >= 15 is 0 Å². The van der Waals surface area contributed by atoms with E-state index in [0.29, 0.717) is 5.75 Å². The summed E-state index contributed by atoms with van der Waals surface area (Å²) >= 11 is 2.19. The molecule has 0 atom stereocenters. The number of hydrazine groups is 1. The van der Waals surface area contributed by atoms with Crippen molar-refractivity contribution in [1.29, 1.82) is 0 Å². The third-order valence-electron chi connectivity index (χ3n) is 3.55. The van der Waals surface area contributed by atoms with E-state index in [1.165, 1.54) is 0 Å². The van der Waals surface area contributed by atoms with Gasteiger partial charge in [-0.3, -0.25) is 20.4 Å². The van der Waals surface area contributed by atoms with Gasteiger partial charge in [0.05, 0.1) is 6.42 Å². The highest BCUT2D eigenvalue weighted by Gasteiger charge is 2.10. The van der Waals surface area contributed by atoms with E-state index in [0.717, 1.165) is 20.0 Å². The van der Waals surface area contributed by atoms with Gasteiger partial charge < -0.3 is 9.72 Å². The standard InChI is InChI=1S/C18H16IN3O3/c19-13-5-7-14(8-6-13)25-11-18(24)22-21-17(23)9-12-10-20-16-4-2-1-3-15(12)16/h1-8,10,20H,9,11H2,(H,21,23)(H,22,24). The van der Waals surface area contributed by atoms with Crippen LogP contribution in [0.15, 0.2) is 54.7 Å². The van der Waals surface area contributed by atoms with Crippen LogP contribution in [-0.4, -0.2) is 23.4 Å². The zero-order valence-corrected chi connectivity index (χ0v) is 15.4. The van der Waals surface area contributed by atoms with Crippen molar-refractivity contribution >= 4 is 45.3 Å². The fourth-order valence-corrected chi connectivity index (χ4v) is 2.71. The summed E-state index contributed by atoms with van der Waals surface area (Å²) in [4.78, 5) is 26.8. The predicted octanol–water partition coefficient (Wildman–Crippen LogP) is 2.54. The Kier molecular flexibility index (Phi) is 5.54. The Hall–Kier alpha value is -2.55. The maximum absolute atomic E-state index is 12.0. The van der Waals surface area contributed by atoms with Gasteiger partial charge in [0.25, 0.3) is 5.91 Å². The number of fused-ring (bicyclic) bond motifs is 1. The average Bonchev–Trinajstić information content (AvgIpc) is 3.02. The molecule has 0 aliphatic heterocycles. The van der Waals surface area contributed by atoms with Crippen LogP contribution in [0.4, 0.5) is 0 Å². The van der Waals surface area contributed by atoms with Crippen molar-refractivity contribution in [2.75, 3.05) is 6.61 Å². The van der Waals surface area contributed by atoms with Crippen molar-refractivity contribution in [1.82, 2.24) is 15.8 Å². The summed E-state index contributed by atoms with van der Waals surface area (Å²) in [5.74, 6) is -0.126. The number of aromatic amines is 1. The molecule has 25 heavy (non-hydrogen) atoms. The van der Waals surface area contributed by atoms with Crippen LogP contribution in [0.3, 0.4) is 0 Å². The van der Waals surface area contributed by atoms with Gasteiger partial charge in [0, 0.05) is 20.7 Å². The van der Waals surface area contributed by atoms with Gasteiger partial charge in [-0.1, -0.05) is 18.2 Å². The van der Waals surface area contributed by atoms with Crippen LogP contribution in [0.2, 0.25) is 0 Å². The van der Waals surface area contributed by atoms with Gasteiger partial charge in [-0.2, -0.15) is 0 Å². The summed E-state index contributed by atoms with van der Waals surface area (Å²) in [5, 5.41) is 0.992. The molecular formula is C18H16IN3O3. The second kappa shape index (κ2) is 8.02. The van der Waals surface area contributed by atoms with E-state index in [1.807, 2.05) is 36.4 Å². The Balaban J connectivity index is 1.45. The molecule has 0 radical (unpaired) electrons. The monoisotopic (exact) mass is 449 g/mol. The van der Waals surface area contributed by atoms with Crippen molar-refractivity contribution in [2.45, 2.75) is 6.42 Å². The lowest BCUT2D eigenvalue weighted by Gasteiger charge is -2.08. The van der Waals surface area contributed by atoms with Gasteiger partial charge in [0.2, 0.25) is 5.91 Å². The molecule has 0 aliphatic rings. The minimum absolute atomic E-state index is 0.169. The predicted molar refractivity (Wildman–Crippen MR) is 103 cm³/mol. The van der Waals surface area contributed by atoms with E-state index in [-0.39, 0.29) is 18.9 Å². The molecule has 128 valence electrons. The Morgan fingerprint density at radius 1 is 1.00 bits per heavy atom. The quantitative estimate of drug-likeness (QED) is 0.414. The van der Waals surface area contributed by atoms with Crippen molar-refractivity contribution in [3.8, 4) is 5.75 Å². The number of halogens is 1. The van der Waals surface area contributed by atoms with Crippen molar-refractivity contribution in [2.24, 2.45) is 0 Å². The Bertz CT molecular complexity index is 890. The lowest BCUT2D eigenvalue weighted by Crippen LogP contribution is -2.44. The number of carbonyl (C=O) groups excluding carboxylic acids is 2. The summed E-state index contributed by atoms with van der Waals surface area (Å²) in [6, 6.07) is 15.1. The first kappa shape index (κ1) is 17.3. The smallest absolute Gasteiger partial charge is 0.276 e. The second-order valence-electron chi connectivity index (χ2n) is 5.38. The van der Waals surface area contributed by atoms with E-state index < -0.39 is 5.91 Å². The molecule has 0 bridgehead atoms. The summed E-state index contributed by atoms with van der Waals surface area (Å²) in [5.41, 5.74) is 6.59. The highest BCUT2D eigenvalue weighted by atomic mass is 127. The number of amides is 2. The summed E-state index contributed by atoms with van der Waals surface area (Å²) in [6.07, 6.45) is 1.97. The van der Waals surface area contributed by atoms with Gasteiger partial charge in [0.15, 0.2) is 6.61 Å². The van der Waals surface area contributed by atoms with Gasteiger partial charge >= 0.3 is 0 Å². The van der Waals surface area contributed by atoms with Crippen LogP contribution in [-0.2, 0) is 16.0 Å². The van der Waals surface area contributed by atoms with Crippen LogP contribution < -0.4 is 15.6 Å². The summed E-state index contributed by atoms with van der Waals surface area (Å²) < 4.78 is 6.43. The molecule has 7 heteroatoms. The molecule has 0 spiro atoms. The molecule has 0 fully saturated rings. The SMILES string of the molecule is O=C(COc1ccc(I)cc1)NNC(=O)Cc1c[nH]c2ccccc12. The number of para-hydroxylation sites is 1. The molecule has 2 aromatic carbocycles. The average molecular weight is 449 g/mol. The number of hydrogen-bond acceptors (Lipinski definition) is 3. The summed E-state index contributed by atoms with van der Waals surface area (Å²) in [7, 11) is 0. The van der Waals surface area contributed by atoms with Crippen LogP contribution in [0.25, 0.3) is 10.9 Å². The van der Waals surface area contributed by atoms with E-state index in [4.69, 9.17) is 4.74 Å². The zero-order chi connectivity index (χ0) is 17.6. The first-order valence-electron chi connectivity index (χ1n) is 7.63.